The van der Waals surface area contributed by atoms with Gasteiger partial charge in [-0.05, 0) is 23.2 Å². The summed E-state index contributed by atoms with van der Waals surface area (Å²) in [6, 6.07) is 6.54. The minimum Gasteiger partial charge on any atom is -0.456 e. The Balaban J connectivity index is 1.84. The number of hydrogen-bond acceptors (Lipinski definition) is 13. The van der Waals surface area contributed by atoms with Crippen LogP contribution in [0.15, 0.2) is 46.4 Å². The van der Waals surface area contributed by atoms with Crippen LogP contribution < -0.4 is 11.4 Å². The van der Waals surface area contributed by atoms with Gasteiger partial charge < -0.3 is 34.8 Å². The standard InChI is InChI=1S/C18H23N6O14P3/c1-10(22-23-20)11-4-2-3-5-12(11)17(25)36-13-8-16(24-7-6-15(19)21-18(24)26)35-14(13)9-34-40(30,31)38-41(32,33)37-39(27,28)29/h2-7,10,13-14,16H,8-9H2,1H3,(H,30,31)(H,32,33)(H2,19,21,26)(H2,27,28,29)/t10?,13?,14-,16-/m1/s1. The van der Waals surface area contributed by atoms with Gasteiger partial charge in [-0.2, -0.15) is 13.6 Å². The average molecular weight is 640 g/mol. The minimum atomic E-state index is -5.79. The third-order valence-electron chi connectivity index (χ3n) is 5.27. The first-order valence-corrected chi connectivity index (χ1v) is 15.6. The molecule has 1 aromatic heterocycles. The number of phosphoric ester groups is 1. The molecule has 23 heteroatoms. The number of nitrogens with two attached hydrogens (primary N) is 1. The molecule has 6 atom stereocenters. The number of nitrogen functional groups attached to an aromatic ring is 1. The van der Waals surface area contributed by atoms with Gasteiger partial charge in [0.1, 0.15) is 24.3 Å². The topological polar surface area (TPSA) is 305 Å². The molecule has 1 fully saturated rings. The van der Waals surface area contributed by atoms with Crippen molar-refractivity contribution in [1.82, 2.24) is 9.55 Å². The fourth-order valence-electron chi connectivity index (χ4n) is 3.65. The van der Waals surface area contributed by atoms with Crippen molar-refractivity contribution in [3.05, 3.63) is 68.6 Å². The Kier molecular flexibility index (Phi) is 10.3. The molecule has 41 heavy (non-hydrogen) atoms. The smallest absolute Gasteiger partial charge is 0.456 e. The monoisotopic (exact) mass is 640 g/mol. The molecule has 1 aliphatic rings. The number of benzene rings is 1. The molecule has 1 aromatic carbocycles. The van der Waals surface area contributed by atoms with Gasteiger partial charge in [0.15, 0.2) is 0 Å². The first kappa shape index (κ1) is 32.6. The summed E-state index contributed by atoms with van der Waals surface area (Å²) >= 11 is 0. The maximum absolute atomic E-state index is 13.1. The second-order valence-corrected chi connectivity index (χ2v) is 12.6. The predicted molar refractivity (Wildman–Crippen MR) is 134 cm³/mol. The fraction of sp³-hybridized carbons (Fsp3) is 0.389. The number of anilines is 1. The zero-order chi connectivity index (χ0) is 30.6. The molecular weight excluding hydrogens is 617 g/mol. The lowest BCUT2D eigenvalue weighted by atomic mass is 10.0. The quantitative estimate of drug-likeness (QED) is 0.0728. The van der Waals surface area contributed by atoms with E-state index >= 15 is 0 Å². The normalized spacial score (nSPS) is 22.6. The van der Waals surface area contributed by atoms with Crippen molar-refractivity contribution in [2.75, 3.05) is 12.3 Å². The van der Waals surface area contributed by atoms with Crippen molar-refractivity contribution in [3.63, 3.8) is 0 Å². The highest BCUT2D eigenvalue weighted by molar-refractivity contribution is 7.66. The third kappa shape index (κ3) is 9.28. The zero-order valence-corrected chi connectivity index (χ0v) is 23.4. The molecule has 0 bridgehead atoms. The van der Waals surface area contributed by atoms with Gasteiger partial charge in [0.2, 0.25) is 0 Å². The van der Waals surface area contributed by atoms with Crippen molar-refractivity contribution in [2.24, 2.45) is 5.11 Å². The van der Waals surface area contributed by atoms with Crippen LogP contribution >= 0.6 is 23.5 Å². The van der Waals surface area contributed by atoms with E-state index in [-0.39, 0.29) is 17.8 Å². The van der Waals surface area contributed by atoms with E-state index in [9.17, 15) is 33.1 Å². The Hall–Kier alpha value is -2.95. The van der Waals surface area contributed by atoms with Crippen LogP contribution in [0.3, 0.4) is 0 Å². The highest BCUT2D eigenvalue weighted by atomic mass is 31.3. The number of carbonyl (C=O) groups is 1. The molecule has 0 spiro atoms. The molecule has 6 N–H and O–H groups in total. The number of rotatable bonds is 12. The molecule has 2 aromatic rings. The van der Waals surface area contributed by atoms with Crippen molar-refractivity contribution in [3.8, 4) is 0 Å². The molecular formula is C18H23N6O14P3. The van der Waals surface area contributed by atoms with E-state index in [0.29, 0.717) is 5.56 Å². The minimum absolute atomic E-state index is 0.00815. The Bertz CT molecular complexity index is 1540. The molecule has 224 valence electrons. The molecule has 3 rings (SSSR count). The van der Waals surface area contributed by atoms with Crippen molar-refractivity contribution in [1.29, 1.82) is 0 Å². The van der Waals surface area contributed by atoms with Crippen LogP contribution in [0.4, 0.5) is 5.82 Å². The number of hydrogen-bond donors (Lipinski definition) is 5. The van der Waals surface area contributed by atoms with Crippen LogP contribution in [0.5, 0.6) is 0 Å². The van der Waals surface area contributed by atoms with E-state index in [4.69, 9.17) is 30.5 Å². The van der Waals surface area contributed by atoms with E-state index in [1.807, 2.05) is 0 Å². The summed E-state index contributed by atoms with van der Waals surface area (Å²) < 4.78 is 58.8. The van der Waals surface area contributed by atoms with Gasteiger partial charge in [-0.25, -0.2) is 23.3 Å². The number of nitrogens with zero attached hydrogens (tertiary/aromatic N) is 5. The summed E-state index contributed by atoms with van der Waals surface area (Å²) in [5.41, 5.74) is 13.7. The number of esters is 1. The SMILES string of the molecule is CC(N=[N+]=[N-])c1ccccc1C(=O)OC1C[C@H](n2ccc(N)nc2=O)O[C@@H]1COP(=O)(O)OP(=O)(O)OP(=O)(O)O. The number of ether oxygens (including phenoxy) is 2. The number of phosphoric acid groups is 3. The number of aromatic nitrogens is 2. The number of azide groups is 1. The Labute approximate surface area is 229 Å². The summed E-state index contributed by atoms with van der Waals surface area (Å²) in [5.74, 6) is -1.02. The Morgan fingerprint density at radius 2 is 1.90 bits per heavy atom. The molecule has 1 saturated heterocycles. The largest absolute Gasteiger partial charge is 0.490 e. The van der Waals surface area contributed by atoms with Gasteiger partial charge >= 0.3 is 35.1 Å². The lowest BCUT2D eigenvalue weighted by Gasteiger charge is -2.21. The zero-order valence-electron chi connectivity index (χ0n) is 20.7. The van der Waals surface area contributed by atoms with Crippen LogP contribution in [0.2, 0.25) is 0 Å². The van der Waals surface area contributed by atoms with Gasteiger partial charge in [-0.3, -0.25) is 9.09 Å². The van der Waals surface area contributed by atoms with E-state index in [1.165, 1.54) is 37.4 Å². The summed E-state index contributed by atoms with van der Waals surface area (Å²) in [6.07, 6.45) is -2.86. The predicted octanol–water partition coefficient (Wildman–Crippen LogP) is 2.05. The van der Waals surface area contributed by atoms with Crippen LogP contribution in [0.25, 0.3) is 10.4 Å². The highest BCUT2D eigenvalue weighted by Crippen LogP contribution is 2.66. The average Bonchev–Trinajstić information content (AvgIpc) is 3.22. The molecule has 1 aliphatic heterocycles. The molecule has 2 heterocycles. The first-order valence-electron chi connectivity index (χ1n) is 11.1. The van der Waals surface area contributed by atoms with Gasteiger partial charge in [0.05, 0.1) is 18.2 Å². The summed E-state index contributed by atoms with van der Waals surface area (Å²) in [7, 11) is -17.0. The van der Waals surface area contributed by atoms with Crippen LogP contribution in [0.1, 0.15) is 41.5 Å². The molecule has 0 aliphatic carbocycles. The number of carbonyl (C=O) groups excluding carboxylic acids is 1. The van der Waals surface area contributed by atoms with Crippen LogP contribution in [0, 0.1) is 0 Å². The summed E-state index contributed by atoms with van der Waals surface area (Å²) in [4.78, 5) is 68.2. The molecule has 4 unspecified atom stereocenters. The molecule has 20 nitrogen and oxygen atoms in total. The first-order chi connectivity index (χ1) is 19.0. The molecule has 0 saturated carbocycles. The molecule has 0 radical (unpaired) electrons. The second-order valence-electron chi connectivity index (χ2n) is 8.21. The summed E-state index contributed by atoms with van der Waals surface area (Å²) in [5, 5.41) is 3.56. The third-order valence-corrected chi connectivity index (χ3v) is 9.08. The van der Waals surface area contributed by atoms with Crippen molar-refractivity contribution >= 4 is 35.3 Å². The van der Waals surface area contributed by atoms with Gasteiger partial charge in [-0.1, -0.05) is 30.2 Å². The van der Waals surface area contributed by atoms with Crippen molar-refractivity contribution < 1.29 is 60.7 Å². The lowest BCUT2D eigenvalue weighted by molar-refractivity contribution is -0.0511. The highest BCUT2D eigenvalue weighted by Gasteiger charge is 2.44. The van der Waals surface area contributed by atoms with Gasteiger partial charge in [-0.15, -0.1) is 0 Å². The van der Waals surface area contributed by atoms with E-state index in [1.54, 1.807) is 6.07 Å². The van der Waals surface area contributed by atoms with Crippen LogP contribution in [-0.4, -0.2) is 53.9 Å². The maximum Gasteiger partial charge on any atom is 0.490 e. The molecule has 0 amide bonds. The fourth-order valence-corrected chi connectivity index (χ4v) is 6.68. The van der Waals surface area contributed by atoms with Crippen LogP contribution in [-0.2, 0) is 36.3 Å². The lowest BCUT2D eigenvalue weighted by Crippen LogP contribution is -2.31. The van der Waals surface area contributed by atoms with Gasteiger partial charge in [0.25, 0.3) is 0 Å². The van der Waals surface area contributed by atoms with E-state index in [2.05, 4.69) is 28.2 Å². The summed E-state index contributed by atoms with van der Waals surface area (Å²) in [6.45, 7) is 0.568. The second kappa shape index (κ2) is 12.9. The van der Waals surface area contributed by atoms with E-state index < -0.39 is 66.2 Å². The van der Waals surface area contributed by atoms with E-state index in [0.717, 1.165) is 4.57 Å². The maximum atomic E-state index is 13.1. The Morgan fingerprint density at radius 3 is 2.54 bits per heavy atom. The van der Waals surface area contributed by atoms with Gasteiger partial charge in [0, 0.05) is 17.5 Å². The Morgan fingerprint density at radius 1 is 1.22 bits per heavy atom. The van der Waals surface area contributed by atoms with Crippen molar-refractivity contribution in [2.45, 2.75) is 37.8 Å².